The van der Waals surface area contributed by atoms with Crippen LogP contribution in [0.3, 0.4) is 0 Å². The molecule has 1 aromatic heterocycles. The zero-order valence-corrected chi connectivity index (χ0v) is 11.7. The molecule has 0 unspecified atom stereocenters. The minimum atomic E-state index is -0.248. The Morgan fingerprint density at radius 2 is 2.15 bits per heavy atom. The molecule has 20 heavy (non-hydrogen) atoms. The lowest BCUT2D eigenvalue weighted by molar-refractivity contribution is -0.134. The number of benzene rings is 1. The van der Waals surface area contributed by atoms with Crippen molar-refractivity contribution >= 4 is 22.8 Å². The number of esters is 1. The van der Waals surface area contributed by atoms with Crippen LogP contribution in [0.15, 0.2) is 24.4 Å². The molecule has 2 rings (SSSR count). The zero-order chi connectivity index (χ0) is 14.5. The largest absolute Gasteiger partial charge is 0.426 e. The van der Waals surface area contributed by atoms with Crippen LogP contribution in [0.2, 0.25) is 0 Å². The van der Waals surface area contributed by atoms with Crippen molar-refractivity contribution in [3.8, 4) is 5.75 Å². The fourth-order valence-electron chi connectivity index (χ4n) is 2.01. The first-order chi connectivity index (χ1) is 9.60. The highest BCUT2D eigenvalue weighted by Crippen LogP contribution is 2.23. The van der Waals surface area contributed by atoms with Gasteiger partial charge in [0.2, 0.25) is 5.91 Å². The molecule has 5 heteroatoms. The number of carbonyl (C=O) groups is 2. The van der Waals surface area contributed by atoms with Crippen molar-refractivity contribution < 1.29 is 14.3 Å². The maximum absolute atomic E-state index is 11.3. The van der Waals surface area contributed by atoms with Crippen LogP contribution in [0.25, 0.3) is 10.9 Å². The van der Waals surface area contributed by atoms with Gasteiger partial charge in [-0.2, -0.15) is 0 Å². The van der Waals surface area contributed by atoms with E-state index in [1.165, 1.54) is 6.92 Å². The normalized spacial score (nSPS) is 10.5. The Balaban J connectivity index is 2.12. The predicted octanol–water partition coefficient (Wildman–Crippen LogP) is 2.16. The molecule has 0 radical (unpaired) electrons. The topological polar surface area (TPSA) is 71.2 Å². The first-order valence-electron chi connectivity index (χ1n) is 6.65. The molecule has 0 atom stereocenters. The third-order valence-electron chi connectivity index (χ3n) is 3.03. The van der Waals surface area contributed by atoms with Crippen LogP contribution < -0.4 is 10.1 Å². The van der Waals surface area contributed by atoms with Crippen molar-refractivity contribution in [3.05, 3.63) is 30.0 Å². The highest BCUT2D eigenvalue weighted by atomic mass is 16.5. The van der Waals surface area contributed by atoms with Gasteiger partial charge in [0.05, 0.1) is 0 Å². The number of hydrogen-bond donors (Lipinski definition) is 2. The molecule has 0 fully saturated rings. The number of aromatic nitrogens is 1. The molecule has 0 aliphatic rings. The van der Waals surface area contributed by atoms with Crippen molar-refractivity contribution in [1.29, 1.82) is 0 Å². The Hall–Kier alpha value is -2.30. The van der Waals surface area contributed by atoms with Crippen LogP contribution >= 0.6 is 0 Å². The van der Waals surface area contributed by atoms with E-state index in [1.807, 2.05) is 18.3 Å². The number of carbonyl (C=O) groups excluding carboxylic acids is 2. The minimum Gasteiger partial charge on any atom is -0.426 e. The van der Waals surface area contributed by atoms with Crippen molar-refractivity contribution in [2.75, 3.05) is 6.54 Å². The van der Waals surface area contributed by atoms with Gasteiger partial charge < -0.3 is 15.0 Å². The van der Waals surface area contributed by atoms with Crippen molar-refractivity contribution in [2.24, 2.45) is 0 Å². The standard InChI is InChI=1S/C15H18N2O3/c1-3-15(19)20-12-4-5-13-11(6-7-16-10(2)18)9-17-14(13)8-12/h4-5,8-9,17H,3,6-7H2,1-2H3,(H,16,18). The fraction of sp³-hybridized carbons (Fsp3) is 0.333. The first-order valence-corrected chi connectivity index (χ1v) is 6.65. The number of H-pyrrole nitrogens is 1. The smallest absolute Gasteiger partial charge is 0.310 e. The monoisotopic (exact) mass is 274 g/mol. The Labute approximate surface area is 117 Å². The summed E-state index contributed by atoms with van der Waals surface area (Å²) in [5.41, 5.74) is 2.05. The van der Waals surface area contributed by atoms with E-state index in [-0.39, 0.29) is 11.9 Å². The van der Waals surface area contributed by atoms with Crippen molar-refractivity contribution in [1.82, 2.24) is 10.3 Å². The Morgan fingerprint density at radius 3 is 2.85 bits per heavy atom. The Kier molecular flexibility index (Phi) is 4.40. The summed E-state index contributed by atoms with van der Waals surface area (Å²) in [6.07, 6.45) is 3.02. The molecular weight excluding hydrogens is 256 g/mol. The molecule has 0 spiro atoms. The molecule has 0 bridgehead atoms. The van der Waals surface area contributed by atoms with E-state index in [0.717, 1.165) is 22.9 Å². The maximum atomic E-state index is 11.3. The summed E-state index contributed by atoms with van der Waals surface area (Å²) in [6.45, 7) is 3.87. The Bertz CT molecular complexity index is 631. The fourth-order valence-corrected chi connectivity index (χ4v) is 2.01. The average Bonchev–Trinajstić information content (AvgIpc) is 2.81. The van der Waals surface area contributed by atoms with Gasteiger partial charge in [0.25, 0.3) is 0 Å². The van der Waals surface area contributed by atoms with Gasteiger partial charge >= 0.3 is 5.97 Å². The van der Waals surface area contributed by atoms with Crippen molar-refractivity contribution in [3.63, 3.8) is 0 Å². The van der Waals surface area contributed by atoms with Gasteiger partial charge in [-0.25, -0.2) is 0 Å². The quantitative estimate of drug-likeness (QED) is 0.648. The van der Waals surface area contributed by atoms with Crippen LogP contribution in [-0.2, 0) is 16.0 Å². The number of ether oxygens (including phenoxy) is 1. The van der Waals surface area contributed by atoms with Crippen LogP contribution in [0.4, 0.5) is 0 Å². The molecule has 106 valence electrons. The molecule has 1 amide bonds. The number of hydrogen-bond acceptors (Lipinski definition) is 3. The summed E-state index contributed by atoms with van der Waals surface area (Å²) >= 11 is 0. The summed E-state index contributed by atoms with van der Waals surface area (Å²) in [6, 6.07) is 5.52. The van der Waals surface area contributed by atoms with Crippen LogP contribution in [-0.4, -0.2) is 23.4 Å². The van der Waals surface area contributed by atoms with Crippen molar-refractivity contribution in [2.45, 2.75) is 26.7 Å². The highest BCUT2D eigenvalue weighted by molar-refractivity contribution is 5.85. The van der Waals surface area contributed by atoms with E-state index < -0.39 is 0 Å². The van der Waals surface area contributed by atoms with Crippen LogP contribution in [0.1, 0.15) is 25.8 Å². The number of nitrogens with one attached hydrogen (secondary N) is 2. The molecular formula is C15H18N2O3. The van der Waals surface area contributed by atoms with E-state index >= 15 is 0 Å². The first kappa shape index (κ1) is 14.1. The Morgan fingerprint density at radius 1 is 1.35 bits per heavy atom. The number of fused-ring (bicyclic) bond motifs is 1. The van der Waals surface area contributed by atoms with Gasteiger partial charge in [-0.3, -0.25) is 9.59 Å². The minimum absolute atomic E-state index is 0.0291. The average molecular weight is 274 g/mol. The number of rotatable bonds is 5. The molecule has 0 aliphatic carbocycles. The second-order valence-electron chi connectivity index (χ2n) is 4.58. The van der Waals surface area contributed by atoms with Gasteiger partial charge in [-0.05, 0) is 24.1 Å². The molecule has 0 saturated carbocycles. The molecule has 0 aliphatic heterocycles. The highest BCUT2D eigenvalue weighted by Gasteiger charge is 2.07. The SMILES string of the molecule is CCC(=O)Oc1ccc2c(CCNC(C)=O)c[nH]c2c1. The second-order valence-corrected chi connectivity index (χ2v) is 4.58. The van der Waals surface area contributed by atoms with E-state index in [9.17, 15) is 9.59 Å². The lowest BCUT2D eigenvalue weighted by atomic mass is 10.1. The predicted molar refractivity (Wildman–Crippen MR) is 76.6 cm³/mol. The van der Waals surface area contributed by atoms with Gasteiger partial charge in [0, 0.05) is 43.1 Å². The molecule has 2 N–H and O–H groups in total. The lowest BCUT2D eigenvalue weighted by Crippen LogP contribution is -2.22. The lowest BCUT2D eigenvalue weighted by Gasteiger charge is -2.04. The van der Waals surface area contributed by atoms with Crippen LogP contribution in [0.5, 0.6) is 5.75 Å². The zero-order valence-electron chi connectivity index (χ0n) is 11.7. The van der Waals surface area contributed by atoms with E-state index in [1.54, 1.807) is 13.0 Å². The molecule has 0 saturated heterocycles. The molecule has 1 heterocycles. The molecule has 1 aromatic carbocycles. The summed E-state index contributed by atoms with van der Waals surface area (Å²) in [4.78, 5) is 25.3. The second kappa shape index (κ2) is 6.23. The maximum Gasteiger partial charge on any atom is 0.310 e. The van der Waals surface area contributed by atoms with E-state index in [0.29, 0.717) is 18.7 Å². The summed E-state index contributed by atoms with van der Waals surface area (Å²) < 4.78 is 5.18. The number of aromatic amines is 1. The summed E-state index contributed by atoms with van der Waals surface area (Å²) in [7, 11) is 0. The van der Waals surface area contributed by atoms with E-state index in [4.69, 9.17) is 4.74 Å². The van der Waals surface area contributed by atoms with Gasteiger partial charge in [0.15, 0.2) is 0 Å². The van der Waals surface area contributed by atoms with Crippen LogP contribution in [0, 0.1) is 0 Å². The molecule has 2 aromatic rings. The van der Waals surface area contributed by atoms with Gasteiger partial charge in [-0.15, -0.1) is 0 Å². The third kappa shape index (κ3) is 3.38. The third-order valence-corrected chi connectivity index (χ3v) is 3.03. The van der Waals surface area contributed by atoms with E-state index in [2.05, 4.69) is 10.3 Å². The number of amides is 1. The van der Waals surface area contributed by atoms with Gasteiger partial charge in [-0.1, -0.05) is 6.92 Å². The summed E-state index contributed by atoms with van der Waals surface area (Å²) in [5, 5.41) is 3.85. The molecule has 5 nitrogen and oxygen atoms in total. The van der Waals surface area contributed by atoms with Gasteiger partial charge in [0.1, 0.15) is 5.75 Å². The summed E-state index contributed by atoms with van der Waals surface area (Å²) in [5.74, 6) is 0.264.